The Kier molecular flexibility index (Phi) is 4.95. The van der Waals surface area contributed by atoms with Crippen LogP contribution in [-0.4, -0.2) is 54.5 Å². The maximum Gasteiger partial charge on any atom is 0.263 e. The Hall–Kier alpha value is -1.62. The molecule has 0 aromatic heterocycles. The average molecular weight is 280 g/mol. The fourth-order valence-corrected chi connectivity index (χ4v) is 2.31. The third kappa shape index (κ3) is 3.70. The SMILES string of the molecule is CCN1CCN(C(=O)[C@@H](C)Oc2ccc(F)cc2)CC1. The third-order valence-corrected chi connectivity index (χ3v) is 3.61. The molecule has 0 N–H and O–H groups in total. The molecule has 0 radical (unpaired) electrons. The van der Waals surface area contributed by atoms with Gasteiger partial charge >= 0.3 is 0 Å². The molecular formula is C15H21FN2O2. The molecule has 1 aromatic carbocycles. The van der Waals surface area contributed by atoms with Crippen molar-refractivity contribution in [3.8, 4) is 5.75 Å². The molecule has 1 saturated heterocycles. The van der Waals surface area contributed by atoms with E-state index in [2.05, 4.69) is 11.8 Å². The van der Waals surface area contributed by atoms with Crippen molar-refractivity contribution in [2.75, 3.05) is 32.7 Å². The first kappa shape index (κ1) is 14.8. The van der Waals surface area contributed by atoms with Gasteiger partial charge in [-0.25, -0.2) is 4.39 Å². The molecule has 1 aliphatic rings. The molecule has 1 aromatic rings. The average Bonchev–Trinajstić information content (AvgIpc) is 2.49. The molecule has 1 aliphatic heterocycles. The molecule has 110 valence electrons. The topological polar surface area (TPSA) is 32.8 Å². The van der Waals surface area contributed by atoms with Crippen LogP contribution in [-0.2, 0) is 4.79 Å². The van der Waals surface area contributed by atoms with Gasteiger partial charge in [-0.05, 0) is 37.7 Å². The summed E-state index contributed by atoms with van der Waals surface area (Å²) in [6.45, 7) is 8.17. The molecule has 1 fully saturated rings. The lowest BCUT2D eigenvalue weighted by atomic mass is 10.2. The van der Waals surface area contributed by atoms with E-state index in [-0.39, 0.29) is 11.7 Å². The van der Waals surface area contributed by atoms with E-state index < -0.39 is 6.10 Å². The van der Waals surface area contributed by atoms with Gasteiger partial charge < -0.3 is 14.5 Å². The monoisotopic (exact) mass is 280 g/mol. The summed E-state index contributed by atoms with van der Waals surface area (Å²) in [5.74, 6) is 0.191. The quantitative estimate of drug-likeness (QED) is 0.842. The highest BCUT2D eigenvalue weighted by Gasteiger charge is 2.25. The van der Waals surface area contributed by atoms with Gasteiger partial charge in [-0.3, -0.25) is 4.79 Å². The highest BCUT2D eigenvalue weighted by molar-refractivity contribution is 5.81. The first-order chi connectivity index (χ1) is 9.60. The van der Waals surface area contributed by atoms with Gasteiger partial charge in [0.25, 0.3) is 5.91 Å². The molecule has 4 nitrogen and oxygen atoms in total. The van der Waals surface area contributed by atoms with Crippen LogP contribution >= 0.6 is 0 Å². The fourth-order valence-electron chi connectivity index (χ4n) is 2.31. The van der Waals surface area contributed by atoms with Gasteiger partial charge in [0.1, 0.15) is 11.6 Å². The molecule has 0 aliphatic carbocycles. The summed E-state index contributed by atoms with van der Waals surface area (Å²) in [4.78, 5) is 16.4. The number of rotatable bonds is 4. The number of carbonyl (C=O) groups excluding carboxylic acids is 1. The van der Waals surface area contributed by atoms with E-state index in [0.29, 0.717) is 5.75 Å². The van der Waals surface area contributed by atoms with Crippen molar-refractivity contribution in [1.82, 2.24) is 9.80 Å². The third-order valence-electron chi connectivity index (χ3n) is 3.61. The standard InChI is InChI=1S/C15H21FN2O2/c1-3-17-8-10-18(11-9-17)15(19)12(2)20-14-6-4-13(16)5-7-14/h4-7,12H,3,8-11H2,1-2H3/t12-/m1/s1. The van der Waals surface area contributed by atoms with E-state index in [0.717, 1.165) is 32.7 Å². The summed E-state index contributed by atoms with van der Waals surface area (Å²) in [5.41, 5.74) is 0. The van der Waals surface area contributed by atoms with Crippen LogP contribution in [0, 0.1) is 5.82 Å². The maximum atomic E-state index is 12.8. The number of hydrogen-bond acceptors (Lipinski definition) is 3. The first-order valence-corrected chi connectivity index (χ1v) is 7.03. The second-order valence-corrected chi connectivity index (χ2v) is 4.97. The predicted octanol–water partition coefficient (Wildman–Crippen LogP) is 1.76. The van der Waals surface area contributed by atoms with Gasteiger partial charge in [0.15, 0.2) is 6.10 Å². The van der Waals surface area contributed by atoms with E-state index in [4.69, 9.17) is 4.74 Å². The summed E-state index contributed by atoms with van der Waals surface area (Å²) in [5, 5.41) is 0. The number of benzene rings is 1. The Morgan fingerprint density at radius 1 is 1.25 bits per heavy atom. The van der Waals surface area contributed by atoms with Gasteiger partial charge in [0.2, 0.25) is 0 Å². The highest BCUT2D eigenvalue weighted by Crippen LogP contribution is 2.14. The van der Waals surface area contributed by atoms with Crippen LogP contribution in [0.15, 0.2) is 24.3 Å². The lowest BCUT2D eigenvalue weighted by Crippen LogP contribution is -2.51. The molecule has 1 atom stereocenters. The van der Waals surface area contributed by atoms with Crippen molar-refractivity contribution in [2.24, 2.45) is 0 Å². The van der Waals surface area contributed by atoms with Gasteiger partial charge in [-0.15, -0.1) is 0 Å². The normalized spacial score (nSPS) is 17.9. The molecule has 0 unspecified atom stereocenters. The van der Waals surface area contributed by atoms with Crippen molar-refractivity contribution in [2.45, 2.75) is 20.0 Å². The van der Waals surface area contributed by atoms with Gasteiger partial charge in [-0.1, -0.05) is 6.92 Å². The lowest BCUT2D eigenvalue weighted by molar-refractivity contribution is -0.139. The van der Waals surface area contributed by atoms with Gasteiger partial charge in [0.05, 0.1) is 0 Å². The van der Waals surface area contributed by atoms with Crippen molar-refractivity contribution in [3.05, 3.63) is 30.1 Å². The number of amides is 1. The number of ether oxygens (including phenoxy) is 1. The fraction of sp³-hybridized carbons (Fsp3) is 0.533. The Morgan fingerprint density at radius 2 is 1.85 bits per heavy atom. The molecule has 5 heteroatoms. The molecule has 0 saturated carbocycles. The van der Waals surface area contributed by atoms with Crippen molar-refractivity contribution < 1.29 is 13.9 Å². The summed E-state index contributed by atoms with van der Waals surface area (Å²) < 4.78 is 18.4. The largest absolute Gasteiger partial charge is 0.481 e. The van der Waals surface area contributed by atoms with Crippen molar-refractivity contribution >= 4 is 5.91 Å². The minimum atomic E-state index is -0.548. The van der Waals surface area contributed by atoms with E-state index in [1.54, 1.807) is 6.92 Å². The first-order valence-electron chi connectivity index (χ1n) is 7.03. The minimum absolute atomic E-state index is 0.00919. The Balaban J connectivity index is 1.87. The predicted molar refractivity (Wildman–Crippen MR) is 75.2 cm³/mol. The van der Waals surface area contributed by atoms with E-state index in [1.807, 2.05) is 4.90 Å². The van der Waals surface area contributed by atoms with Crippen molar-refractivity contribution in [1.29, 1.82) is 0 Å². The summed E-state index contributed by atoms with van der Waals surface area (Å²) >= 11 is 0. The summed E-state index contributed by atoms with van der Waals surface area (Å²) in [7, 11) is 0. The second-order valence-electron chi connectivity index (χ2n) is 4.97. The maximum absolute atomic E-state index is 12.8. The van der Waals surface area contributed by atoms with Crippen LogP contribution in [0.4, 0.5) is 4.39 Å². The highest BCUT2D eigenvalue weighted by atomic mass is 19.1. The zero-order chi connectivity index (χ0) is 14.5. The Bertz CT molecular complexity index is 442. The molecule has 2 rings (SSSR count). The summed E-state index contributed by atoms with van der Waals surface area (Å²) in [6, 6.07) is 5.72. The van der Waals surface area contributed by atoms with Crippen LogP contribution in [0.2, 0.25) is 0 Å². The Labute approximate surface area is 119 Å². The summed E-state index contributed by atoms with van der Waals surface area (Å²) in [6.07, 6.45) is -0.548. The smallest absolute Gasteiger partial charge is 0.263 e. The number of nitrogens with zero attached hydrogens (tertiary/aromatic N) is 2. The van der Waals surface area contributed by atoms with Crippen molar-refractivity contribution in [3.63, 3.8) is 0 Å². The lowest BCUT2D eigenvalue weighted by Gasteiger charge is -2.35. The van der Waals surface area contributed by atoms with E-state index >= 15 is 0 Å². The van der Waals surface area contributed by atoms with Gasteiger partial charge in [-0.2, -0.15) is 0 Å². The van der Waals surface area contributed by atoms with Crippen LogP contribution in [0.25, 0.3) is 0 Å². The minimum Gasteiger partial charge on any atom is -0.481 e. The number of hydrogen-bond donors (Lipinski definition) is 0. The van der Waals surface area contributed by atoms with E-state index in [9.17, 15) is 9.18 Å². The zero-order valence-electron chi connectivity index (χ0n) is 12.0. The van der Waals surface area contributed by atoms with Crippen LogP contribution in [0.1, 0.15) is 13.8 Å². The van der Waals surface area contributed by atoms with Crippen LogP contribution in [0.3, 0.4) is 0 Å². The number of carbonyl (C=O) groups is 1. The molecular weight excluding hydrogens is 259 g/mol. The molecule has 1 amide bonds. The molecule has 20 heavy (non-hydrogen) atoms. The van der Waals surface area contributed by atoms with Crippen LogP contribution < -0.4 is 4.74 Å². The number of piperazine rings is 1. The van der Waals surface area contributed by atoms with Crippen LogP contribution in [0.5, 0.6) is 5.75 Å². The van der Waals surface area contributed by atoms with E-state index in [1.165, 1.54) is 24.3 Å². The number of likely N-dealkylation sites (N-methyl/N-ethyl adjacent to an activating group) is 1. The number of halogens is 1. The Morgan fingerprint density at radius 3 is 2.40 bits per heavy atom. The molecule has 1 heterocycles. The zero-order valence-corrected chi connectivity index (χ0v) is 12.0. The molecule has 0 bridgehead atoms. The second kappa shape index (κ2) is 6.70. The molecule has 0 spiro atoms. The van der Waals surface area contributed by atoms with Gasteiger partial charge in [0, 0.05) is 26.2 Å².